The predicted molar refractivity (Wildman–Crippen MR) is 56.0 cm³/mol. The van der Waals surface area contributed by atoms with Gasteiger partial charge in [0.15, 0.2) is 0 Å². The van der Waals surface area contributed by atoms with Gasteiger partial charge in [-0.05, 0) is 0 Å². The van der Waals surface area contributed by atoms with Crippen LogP contribution in [-0.4, -0.2) is 63.9 Å². The van der Waals surface area contributed by atoms with Gasteiger partial charge in [-0.15, -0.1) is 0 Å². The Morgan fingerprint density at radius 2 is 2.33 bits per heavy atom. The average Bonchev–Trinajstić information content (AvgIpc) is 2.73. The molecular formula is C10H21NO4. The fourth-order valence-corrected chi connectivity index (χ4v) is 1.59. The summed E-state index contributed by atoms with van der Waals surface area (Å²) in [7, 11) is 1.72. The Labute approximate surface area is 90.7 Å². The number of ether oxygens (including phenoxy) is 3. The molecule has 0 bridgehead atoms. The molecule has 90 valence electrons. The van der Waals surface area contributed by atoms with Crippen LogP contribution in [0.25, 0.3) is 0 Å². The van der Waals surface area contributed by atoms with E-state index in [1.165, 1.54) is 0 Å². The number of aliphatic hydroxyl groups excluding tert-OH is 1. The van der Waals surface area contributed by atoms with Crippen LogP contribution in [0.15, 0.2) is 0 Å². The Kier molecular flexibility index (Phi) is 6.12. The molecule has 1 unspecified atom stereocenters. The highest BCUT2D eigenvalue weighted by molar-refractivity contribution is 4.86. The molecule has 0 saturated carbocycles. The highest BCUT2D eigenvalue weighted by atomic mass is 16.5. The minimum atomic E-state index is -0.156. The third-order valence-corrected chi connectivity index (χ3v) is 2.61. The van der Waals surface area contributed by atoms with Gasteiger partial charge in [0.05, 0.1) is 26.4 Å². The van der Waals surface area contributed by atoms with Crippen LogP contribution in [-0.2, 0) is 14.2 Å². The van der Waals surface area contributed by atoms with Gasteiger partial charge in [-0.3, -0.25) is 0 Å². The van der Waals surface area contributed by atoms with Gasteiger partial charge in [0.25, 0.3) is 0 Å². The molecule has 0 aromatic rings. The highest BCUT2D eigenvalue weighted by Gasteiger charge is 2.34. The molecule has 1 fully saturated rings. The lowest BCUT2D eigenvalue weighted by molar-refractivity contribution is -0.0169. The summed E-state index contributed by atoms with van der Waals surface area (Å²) in [5.74, 6) is 0. The maximum atomic E-state index is 8.49. The summed E-state index contributed by atoms with van der Waals surface area (Å²) in [4.78, 5) is 0. The van der Waals surface area contributed by atoms with E-state index >= 15 is 0 Å². The second-order valence-electron chi connectivity index (χ2n) is 3.70. The van der Waals surface area contributed by atoms with Gasteiger partial charge >= 0.3 is 0 Å². The van der Waals surface area contributed by atoms with Crippen LogP contribution in [0, 0.1) is 0 Å². The third kappa shape index (κ3) is 4.44. The van der Waals surface area contributed by atoms with Crippen LogP contribution < -0.4 is 5.32 Å². The summed E-state index contributed by atoms with van der Waals surface area (Å²) in [5.41, 5.74) is -0.156. The molecule has 1 rings (SSSR count). The fraction of sp³-hybridized carbons (Fsp3) is 1.00. The lowest BCUT2D eigenvalue weighted by atomic mass is 10.0. The van der Waals surface area contributed by atoms with E-state index in [9.17, 15) is 0 Å². The second-order valence-corrected chi connectivity index (χ2v) is 3.70. The quantitative estimate of drug-likeness (QED) is 0.533. The minimum absolute atomic E-state index is 0.0792. The summed E-state index contributed by atoms with van der Waals surface area (Å²) < 4.78 is 15.9. The van der Waals surface area contributed by atoms with Gasteiger partial charge in [-0.1, -0.05) is 0 Å². The van der Waals surface area contributed by atoms with Crippen molar-refractivity contribution < 1.29 is 19.3 Å². The first-order valence-electron chi connectivity index (χ1n) is 5.35. The summed E-state index contributed by atoms with van der Waals surface area (Å²) in [6.07, 6.45) is 0.938. The monoisotopic (exact) mass is 219 g/mol. The number of methoxy groups -OCH3 is 1. The lowest BCUT2D eigenvalue weighted by Gasteiger charge is -2.25. The number of hydrogen-bond donors (Lipinski definition) is 2. The molecular weight excluding hydrogens is 198 g/mol. The van der Waals surface area contributed by atoms with Crippen LogP contribution in [0.4, 0.5) is 0 Å². The average molecular weight is 219 g/mol. The van der Waals surface area contributed by atoms with Crippen molar-refractivity contribution in [3.8, 4) is 0 Å². The largest absolute Gasteiger partial charge is 0.394 e. The molecule has 15 heavy (non-hydrogen) atoms. The van der Waals surface area contributed by atoms with Gasteiger partial charge in [-0.25, -0.2) is 0 Å². The SMILES string of the molecule is COC1(CNCCOCCO)CCOC1. The molecule has 0 spiro atoms. The molecule has 0 radical (unpaired) electrons. The molecule has 1 aliphatic heterocycles. The number of nitrogens with one attached hydrogen (secondary N) is 1. The molecule has 2 N–H and O–H groups in total. The van der Waals surface area contributed by atoms with Crippen LogP contribution in [0.5, 0.6) is 0 Å². The standard InChI is InChI=1S/C10H21NO4/c1-13-10(2-5-15-9-10)8-11-3-6-14-7-4-12/h11-12H,2-9H2,1H3. The van der Waals surface area contributed by atoms with Crippen molar-refractivity contribution in [2.24, 2.45) is 0 Å². The third-order valence-electron chi connectivity index (χ3n) is 2.61. The summed E-state index contributed by atoms with van der Waals surface area (Å²) in [6.45, 7) is 4.08. The topological polar surface area (TPSA) is 60.0 Å². The smallest absolute Gasteiger partial charge is 0.106 e. The first-order chi connectivity index (χ1) is 7.33. The van der Waals surface area contributed by atoms with Crippen molar-refractivity contribution in [2.45, 2.75) is 12.0 Å². The molecule has 0 aliphatic carbocycles. The van der Waals surface area contributed by atoms with Crippen molar-refractivity contribution in [3.05, 3.63) is 0 Å². The zero-order chi connectivity index (χ0) is 11.0. The number of aliphatic hydroxyl groups is 1. The van der Waals surface area contributed by atoms with E-state index in [-0.39, 0.29) is 12.2 Å². The van der Waals surface area contributed by atoms with Gasteiger partial charge in [0, 0.05) is 33.2 Å². The van der Waals surface area contributed by atoms with Gasteiger partial charge in [-0.2, -0.15) is 0 Å². The Morgan fingerprint density at radius 1 is 1.47 bits per heavy atom. The van der Waals surface area contributed by atoms with Gasteiger partial charge in [0.1, 0.15) is 5.60 Å². The van der Waals surface area contributed by atoms with E-state index in [1.54, 1.807) is 7.11 Å². The molecule has 0 aromatic carbocycles. The first kappa shape index (κ1) is 12.9. The van der Waals surface area contributed by atoms with E-state index in [1.807, 2.05) is 0 Å². The Hall–Kier alpha value is -0.200. The van der Waals surface area contributed by atoms with Crippen LogP contribution in [0.2, 0.25) is 0 Å². The van der Waals surface area contributed by atoms with Crippen LogP contribution in [0.3, 0.4) is 0 Å². The van der Waals surface area contributed by atoms with E-state index in [4.69, 9.17) is 19.3 Å². The predicted octanol–water partition coefficient (Wildman–Crippen LogP) is -0.610. The molecule has 0 aromatic heterocycles. The molecule has 1 atom stereocenters. The fourth-order valence-electron chi connectivity index (χ4n) is 1.59. The van der Waals surface area contributed by atoms with Crippen LogP contribution >= 0.6 is 0 Å². The summed E-state index contributed by atoms with van der Waals surface area (Å²) >= 11 is 0. The van der Waals surface area contributed by atoms with Gasteiger partial charge < -0.3 is 24.6 Å². The van der Waals surface area contributed by atoms with Crippen LogP contribution in [0.1, 0.15) is 6.42 Å². The zero-order valence-corrected chi connectivity index (χ0v) is 9.33. The second kappa shape index (κ2) is 7.14. The molecule has 0 amide bonds. The van der Waals surface area contributed by atoms with E-state index in [2.05, 4.69) is 5.32 Å². The molecule has 1 saturated heterocycles. The Bertz CT molecular complexity index is 160. The number of hydrogen-bond acceptors (Lipinski definition) is 5. The maximum absolute atomic E-state index is 8.49. The molecule has 1 heterocycles. The van der Waals surface area contributed by atoms with Crippen molar-refractivity contribution in [3.63, 3.8) is 0 Å². The molecule has 5 heteroatoms. The minimum Gasteiger partial charge on any atom is -0.394 e. The Morgan fingerprint density at radius 3 is 2.93 bits per heavy atom. The molecule has 5 nitrogen and oxygen atoms in total. The summed E-state index contributed by atoms with van der Waals surface area (Å²) in [5, 5.41) is 11.8. The van der Waals surface area contributed by atoms with Crippen molar-refractivity contribution in [1.29, 1.82) is 0 Å². The van der Waals surface area contributed by atoms with E-state index < -0.39 is 0 Å². The first-order valence-corrected chi connectivity index (χ1v) is 5.35. The van der Waals surface area contributed by atoms with Crippen molar-refractivity contribution in [1.82, 2.24) is 5.32 Å². The van der Waals surface area contributed by atoms with Gasteiger partial charge in [0.2, 0.25) is 0 Å². The normalized spacial score (nSPS) is 26.0. The summed E-state index contributed by atoms with van der Waals surface area (Å²) in [6, 6.07) is 0. The number of rotatable bonds is 8. The van der Waals surface area contributed by atoms with E-state index in [0.717, 1.165) is 26.1 Å². The highest BCUT2D eigenvalue weighted by Crippen LogP contribution is 2.21. The van der Waals surface area contributed by atoms with E-state index in [0.29, 0.717) is 19.8 Å². The Balaban J connectivity index is 2.02. The lowest BCUT2D eigenvalue weighted by Crippen LogP contribution is -2.43. The molecule has 1 aliphatic rings. The zero-order valence-electron chi connectivity index (χ0n) is 9.33. The van der Waals surface area contributed by atoms with Crippen molar-refractivity contribution >= 4 is 0 Å². The van der Waals surface area contributed by atoms with Crippen molar-refractivity contribution in [2.75, 3.05) is 53.2 Å². The maximum Gasteiger partial charge on any atom is 0.106 e.